The molecular formula is C20H34FIN4O. The molecule has 0 spiro atoms. The van der Waals surface area contributed by atoms with Crippen molar-refractivity contribution >= 4 is 29.9 Å². The molecule has 1 aromatic carbocycles. The molecule has 1 aliphatic heterocycles. The van der Waals surface area contributed by atoms with E-state index in [0.29, 0.717) is 12.5 Å². The molecule has 0 bridgehead atoms. The summed E-state index contributed by atoms with van der Waals surface area (Å²) >= 11 is 0. The minimum Gasteiger partial charge on any atom is -0.486 e. The second kappa shape index (κ2) is 13.1. The Balaban J connectivity index is 0.00000364. The third kappa shape index (κ3) is 8.64. The van der Waals surface area contributed by atoms with Gasteiger partial charge in [-0.25, -0.2) is 9.38 Å². The number of halogens is 2. The Morgan fingerprint density at radius 3 is 2.81 bits per heavy atom. The first-order valence-electron chi connectivity index (χ1n) is 9.78. The number of guanidine groups is 1. The Morgan fingerprint density at radius 2 is 2.11 bits per heavy atom. The molecule has 0 saturated carbocycles. The number of para-hydroxylation sites is 1. The molecule has 154 valence electrons. The fourth-order valence-electron chi connectivity index (χ4n) is 3.20. The lowest BCUT2D eigenvalue weighted by molar-refractivity contribution is 0.183. The molecule has 1 saturated heterocycles. The van der Waals surface area contributed by atoms with E-state index in [9.17, 15) is 4.39 Å². The first kappa shape index (κ1) is 23.9. The minimum absolute atomic E-state index is 0. The van der Waals surface area contributed by atoms with Crippen molar-refractivity contribution in [3.63, 3.8) is 0 Å². The lowest BCUT2D eigenvalue weighted by Gasteiger charge is -2.32. The Morgan fingerprint density at radius 1 is 1.33 bits per heavy atom. The van der Waals surface area contributed by atoms with Crippen LogP contribution in [0.1, 0.15) is 33.6 Å². The molecule has 0 radical (unpaired) electrons. The lowest BCUT2D eigenvalue weighted by Crippen LogP contribution is -2.44. The minimum atomic E-state index is -0.342. The molecule has 5 nitrogen and oxygen atoms in total. The number of hydrogen-bond acceptors (Lipinski definition) is 3. The highest BCUT2D eigenvalue weighted by Gasteiger charge is 2.18. The molecule has 27 heavy (non-hydrogen) atoms. The smallest absolute Gasteiger partial charge is 0.191 e. The van der Waals surface area contributed by atoms with Crippen molar-refractivity contribution in [2.45, 2.75) is 39.7 Å². The van der Waals surface area contributed by atoms with Gasteiger partial charge in [-0.05, 0) is 57.8 Å². The van der Waals surface area contributed by atoms with Crippen LogP contribution in [-0.4, -0.2) is 56.2 Å². The number of nitrogens with one attached hydrogen (secondary N) is 2. The molecule has 1 fully saturated rings. The highest BCUT2D eigenvalue weighted by molar-refractivity contribution is 14.0. The lowest BCUT2D eigenvalue weighted by atomic mass is 9.98. The average Bonchev–Trinajstić information content (AvgIpc) is 2.66. The van der Waals surface area contributed by atoms with E-state index < -0.39 is 0 Å². The third-order valence-electron chi connectivity index (χ3n) is 4.62. The van der Waals surface area contributed by atoms with Crippen molar-refractivity contribution in [1.29, 1.82) is 0 Å². The zero-order chi connectivity index (χ0) is 18.8. The quantitative estimate of drug-likeness (QED) is 0.332. The number of rotatable bonds is 8. The number of ether oxygens (including phenoxy) is 1. The van der Waals surface area contributed by atoms with Crippen molar-refractivity contribution in [2.75, 3.05) is 39.3 Å². The molecule has 2 unspecified atom stereocenters. The molecule has 2 N–H and O–H groups in total. The largest absolute Gasteiger partial charge is 0.486 e. The van der Waals surface area contributed by atoms with Gasteiger partial charge in [0.2, 0.25) is 0 Å². The first-order valence-corrected chi connectivity index (χ1v) is 9.78. The summed E-state index contributed by atoms with van der Waals surface area (Å²) in [5.41, 5.74) is 0. The molecule has 2 rings (SSSR count). The second-order valence-corrected chi connectivity index (χ2v) is 6.86. The summed E-state index contributed by atoms with van der Waals surface area (Å²) in [6.07, 6.45) is 2.32. The van der Waals surface area contributed by atoms with Gasteiger partial charge in [0.1, 0.15) is 6.10 Å². The van der Waals surface area contributed by atoms with Gasteiger partial charge in [-0.1, -0.05) is 19.1 Å². The summed E-state index contributed by atoms with van der Waals surface area (Å²) in [5, 5.41) is 6.72. The Kier molecular flexibility index (Phi) is 11.7. The van der Waals surface area contributed by atoms with Crippen LogP contribution in [-0.2, 0) is 0 Å². The molecular weight excluding hydrogens is 458 g/mol. The van der Waals surface area contributed by atoms with E-state index in [2.05, 4.69) is 34.4 Å². The zero-order valence-corrected chi connectivity index (χ0v) is 19.0. The summed E-state index contributed by atoms with van der Waals surface area (Å²) in [5.74, 6) is 1.38. The van der Waals surface area contributed by atoms with Crippen LogP contribution >= 0.6 is 24.0 Å². The standard InChI is InChI=1S/C20H33FN4O.HI/c1-4-22-20(24-14-17-9-8-12-25(5-2)15-17)23-13-16(3)26-19-11-7-6-10-18(19)21;/h6-7,10-11,16-17H,4-5,8-9,12-15H2,1-3H3,(H2,22,23,24);1H. The maximum atomic E-state index is 13.7. The molecule has 0 aromatic heterocycles. The van der Waals surface area contributed by atoms with Gasteiger partial charge < -0.3 is 20.3 Å². The van der Waals surface area contributed by atoms with Crippen molar-refractivity contribution in [3.8, 4) is 5.75 Å². The maximum absolute atomic E-state index is 13.7. The number of nitrogens with zero attached hydrogens (tertiary/aromatic N) is 2. The van der Waals surface area contributed by atoms with E-state index in [4.69, 9.17) is 4.74 Å². The maximum Gasteiger partial charge on any atom is 0.191 e. The van der Waals surface area contributed by atoms with E-state index in [1.54, 1.807) is 18.2 Å². The fourth-order valence-corrected chi connectivity index (χ4v) is 3.20. The highest BCUT2D eigenvalue weighted by Crippen LogP contribution is 2.17. The first-order chi connectivity index (χ1) is 12.6. The number of aliphatic imine (C=N–C) groups is 1. The molecule has 0 aliphatic carbocycles. The predicted molar refractivity (Wildman–Crippen MR) is 121 cm³/mol. The van der Waals surface area contributed by atoms with Gasteiger partial charge in [-0.15, -0.1) is 24.0 Å². The van der Waals surface area contributed by atoms with Crippen LogP contribution in [0.5, 0.6) is 5.75 Å². The number of benzene rings is 1. The summed E-state index contributed by atoms with van der Waals surface area (Å²) < 4.78 is 19.3. The van der Waals surface area contributed by atoms with Crippen LogP contribution in [0.3, 0.4) is 0 Å². The van der Waals surface area contributed by atoms with Crippen LogP contribution in [0.4, 0.5) is 4.39 Å². The molecule has 1 heterocycles. The van der Waals surface area contributed by atoms with Gasteiger partial charge >= 0.3 is 0 Å². The molecule has 0 amide bonds. The summed E-state index contributed by atoms with van der Waals surface area (Å²) in [7, 11) is 0. The van der Waals surface area contributed by atoms with Gasteiger partial charge in [0.25, 0.3) is 0 Å². The summed E-state index contributed by atoms with van der Waals surface area (Å²) in [6.45, 7) is 11.9. The van der Waals surface area contributed by atoms with Crippen LogP contribution in [0.2, 0.25) is 0 Å². The topological polar surface area (TPSA) is 48.9 Å². The van der Waals surface area contributed by atoms with Crippen LogP contribution < -0.4 is 15.4 Å². The van der Waals surface area contributed by atoms with Crippen molar-refractivity contribution in [3.05, 3.63) is 30.1 Å². The number of piperidine rings is 1. The van der Waals surface area contributed by atoms with Gasteiger partial charge in [0, 0.05) is 19.6 Å². The normalized spacial score (nSPS) is 19.1. The van der Waals surface area contributed by atoms with Crippen LogP contribution in [0.15, 0.2) is 29.3 Å². The SMILES string of the molecule is CCNC(=NCC(C)Oc1ccccc1F)NCC1CCCN(CC)C1.I. The Labute approximate surface area is 180 Å². The van der Waals surface area contributed by atoms with Gasteiger partial charge in [-0.2, -0.15) is 0 Å². The predicted octanol–water partition coefficient (Wildman–Crippen LogP) is 3.50. The Hall–Kier alpha value is -1.09. The van der Waals surface area contributed by atoms with Gasteiger partial charge in [-0.3, -0.25) is 0 Å². The van der Waals surface area contributed by atoms with E-state index in [1.165, 1.54) is 25.5 Å². The van der Waals surface area contributed by atoms with Crippen LogP contribution in [0, 0.1) is 11.7 Å². The Bertz CT molecular complexity index is 573. The zero-order valence-electron chi connectivity index (χ0n) is 16.7. The summed E-state index contributed by atoms with van der Waals surface area (Å²) in [6, 6.07) is 6.47. The van der Waals surface area contributed by atoms with Gasteiger partial charge in [0.05, 0.1) is 6.54 Å². The fraction of sp³-hybridized carbons (Fsp3) is 0.650. The van der Waals surface area contributed by atoms with Crippen LogP contribution in [0.25, 0.3) is 0 Å². The van der Waals surface area contributed by atoms with Crippen molar-refractivity contribution < 1.29 is 9.13 Å². The van der Waals surface area contributed by atoms with E-state index in [1.807, 2.05) is 6.92 Å². The highest BCUT2D eigenvalue weighted by atomic mass is 127. The average molecular weight is 492 g/mol. The number of likely N-dealkylation sites (tertiary alicyclic amines) is 1. The van der Waals surface area contributed by atoms with E-state index in [-0.39, 0.29) is 41.6 Å². The molecule has 1 aliphatic rings. The van der Waals surface area contributed by atoms with E-state index in [0.717, 1.165) is 32.1 Å². The molecule has 7 heteroatoms. The van der Waals surface area contributed by atoms with Crippen molar-refractivity contribution in [2.24, 2.45) is 10.9 Å². The third-order valence-corrected chi connectivity index (χ3v) is 4.62. The molecule has 1 aromatic rings. The summed E-state index contributed by atoms with van der Waals surface area (Å²) in [4.78, 5) is 7.10. The van der Waals surface area contributed by atoms with Crippen molar-refractivity contribution in [1.82, 2.24) is 15.5 Å². The van der Waals surface area contributed by atoms with Gasteiger partial charge in [0.15, 0.2) is 17.5 Å². The molecule has 2 atom stereocenters. The second-order valence-electron chi connectivity index (χ2n) is 6.86. The monoisotopic (exact) mass is 492 g/mol. The van der Waals surface area contributed by atoms with E-state index >= 15 is 0 Å². The number of hydrogen-bond donors (Lipinski definition) is 2.